The summed E-state index contributed by atoms with van der Waals surface area (Å²) in [4.78, 5) is 17.9. The van der Waals surface area contributed by atoms with Crippen molar-refractivity contribution in [1.29, 1.82) is 0 Å². The van der Waals surface area contributed by atoms with E-state index in [4.69, 9.17) is 0 Å². The number of carbonyl (C=O) groups excluding carboxylic acids is 1. The van der Waals surface area contributed by atoms with Gasteiger partial charge in [0.2, 0.25) is 5.91 Å². The predicted molar refractivity (Wildman–Crippen MR) is 107 cm³/mol. The number of thiazole rings is 1. The average Bonchev–Trinajstić information content (AvgIpc) is 3.17. The largest absolute Gasteiger partial charge is 0.302 e. The normalized spacial score (nSPS) is 12.2. The van der Waals surface area contributed by atoms with Crippen LogP contribution in [0, 0.1) is 19.7 Å². The van der Waals surface area contributed by atoms with Crippen molar-refractivity contribution in [3.63, 3.8) is 0 Å². The van der Waals surface area contributed by atoms with E-state index < -0.39 is 5.25 Å². The molecule has 0 aliphatic heterocycles. The average molecular weight is 406 g/mol. The number of nitrogens with one attached hydrogen (secondary N) is 1. The van der Waals surface area contributed by atoms with Gasteiger partial charge in [0.25, 0.3) is 0 Å². The van der Waals surface area contributed by atoms with Gasteiger partial charge in [0.1, 0.15) is 5.82 Å². The third-order valence-electron chi connectivity index (χ3n) is 4.06. The summed E-state index contributed by atoms with van der Waals surface area (Å²) in [5.41, 5.74) is 1.31. The predicted octanol–water partition coefficient (Wildman–Crippen LogP) is 4.30. The summed E-state index contributed by atoms with van der Waals surface area (Å²) in [6, 6.07) is 6.46. The van der Waals surface area contributed by atoms with Crippen LogP contribution < -0.4 is 5.32 Å². The SMILES string of the molecule is CCn1c(SC(C)C(=O)Nc2nc(C)c(C)s2)nnc1-c1ccccc1F. The monoisotopic (exact) mass is 405 g/mol. The van der Waals surface area contributed by atoms with E-state index in [1.54, 1.807) is 25.1 Å². The lowest BCUT2D eigenvalue weighted by Crippen LogP contribution is -2.22. The minimum atomic E-state index is -0.405. The number of nitrogens with zero attached hydrogens (tertiary/aromatic N) is 4. The van der Waals surface area contributed by atoms with Crippen molar-refractivity contribution in [1.82, 2.24) is 19.7 Å². The van der Waals surface area contributed by atoms with Gasteiger partial charge in [-0.3, -0.25) is 4.79 Å². The Morgan fingerprint density at radius 3 is 2.70 bits per heavy atom. The fraction of sp³-hybridized carbons (Fsp3) is 0.333. The van der Waals surface area contributed by atoms with Crippen LogP contribution in [0.2, 0.25) is 0 Å². The third-order valence-corrected chi connectivity index (χ3v) is 6.13. The van der Waals surface area contributed by atoms with Crippen molar-refractivity contribution in [2.24, 2.45) is 0 Å². The second-order valence-electron chi connectivity index (χ2n) is 5.94. The van der Waals surface area contributed by atoms with Gasteiger partial charge < -0.3 is 9.88 Å². The first-order chi connectivity index (χ1) is 12.9. The van der Waals surface area contributed by atoms with E-state index in [1.807, 2.05) is 25.3 Å². The van der Waals surface area contributed by atoms with Crippen LogP contribution in [0.15, 0.2) is 29.4 Å². The Morgan fingerprint density at radius 2 is 2.07 bits per heavy atom. The van der Waals surface area contributed by atoms with Crippen molar-refractivity contribution in [2.45, 2.75) is 44.6 Å². The van der Waals surface area contributed by atoms with Crippen LogP contribution in [0.3, 0.4) is 0 Å². The number of hydrogen-bond donors (Lipinski definition) is 1. The van der Waals surface area contributed by atoms with Crippen molar-refractivity contribution >= 4 is 34.1 Å². The standard InChI is InChI=1S/C18H20FN5OS2/c1-5-24-15(13-8-6-7-9-14(13)19)22-23-18(24)27-12(4)16(25)21-17-20-10(2)11(3)26-17/h6-9,12H,5H2,1-4H3,(H,20,21,25). The highest BCUT2D eigenvalue weighted by atomic mass is 32.2. The topological polar surface area (TPSA) is 72.7 Å². The summed E-state index contributed by atoms with van der Waals surface area (Å²) in [7, 11) is 0. The Morgan fingerprint density at radius 1 is 1.33 bits per heavy atom. The number of benzene rings is 1. The fourth-order valence-corrected chi connectivity index (χ4v) is 4.18. The molecule has 1 unspecified atom stereocenters. The van der Waals surface area contributed by atoms with Gasteiger partial charge in [-0.25, -0.2) is 9.37 Å². The number of carbonyl (C=O) groups is 1. The molecule has 1 aromatic carbocycles. The van der Waals surface area contributed by atoms with Crippen LogP contribution >= 0.6 is 23.1 Å². The molecular formula is C18H20FN5OS2. The van der Waals surface area contributed by atoms with Crippen molar-refractivity contribution in [2.75, 3.05) is 5.32 Å². The second kappa shape index (κ2) is 8.18. The Kier molecular flexibility index (Phi) is 5.91. The Balaban J connectivity index is 1.77. The molecule has 0 fully saturated rings. The molecule has 2 aromatic heterocycles. The van der Waals surface area contributed by atoms with E-state index in [-0.39, 0.29) is 11.7 Å². The van der Waals surface area contributed by atoms with E-state index >= 15 is 0 Å². The maximum Gasteiger partial charge on any atom is 0.239 e. The van der Waals surface area contributed by atoms with Crippen LogP contribution in [0.25, 0.3) is 11.4 Å². The molecule has 0 bridgehead atoms. The van der Waals surface area contributed by atoms with Gasteiger partial charge in [-0.2, -0.15) is 0 Å². The second-order valence-corrected chi connectivity index (χ2v) is 8.45. The molecule has 0 aliphatic carbocycles. The zero-order valence-electron chi connectivity index (χ0n) is 15.5. The quantitative estimate of drug-likeness (QED) is 0.619. The molecule has 0 aliphatic rings. The molecule has 142 valence electrons. The van der Waals surface area contributed by atoms with Crippen molar-refractivity contribution in [3.05, 3.63) is 40.7 Å². The summed E-state index contributed by atoms with van der Waals surface area (Å²) < 4.78 is 15.9. The summed E-state index contributed by atoms with van der Waals surface area (Å²) in [6.45, 7) is 8.18. The number of aryl methyl sites for hydroxylation is 2. The molecule has 27 heavy (non-hydrogen) atoms. The highest BCUT2D eigenvalue weighted by Crippen LogP contribution is 2.29. The minimum Gasteiger partial charge on any atom is -0.302 e. The molecule has 1 N–H and O–H groups in total. The van der Waals surface area contributed by atoms with E-state index in [1.165, 1.54) is 29.2 Å². The number of anilines is 1. The summed E-state index contributed by atoms with van der Waals surface area (Å²) in [5, 5.41) is 11.9. The highest BCUT2D eigenvalue weighted by molar-refractivity contribution is 8.00. The maximum absolute atomic E-state index is 14.1. The molecule has 2 heterocycles. The van der Waals surface area contributed by atoms with Gasteiger partial charge in [-0.05, 0) is 39.8 Å². The van der Waals surface area contributed by atoms with Gasteiger partial charge in [-0.1, -0.05) is 23.9 Å². The molecule has 6 nitrogen and oxygen atoms in total. The Bertz CT molecular complexity index is 949. The third kappa shape index (κ3) is 4.19. The number of aromatic nitrogens is 4. The number of hydrogen-bond acceptors (Lipinski definition) is 6. The van der Waals surface area contributed by atoms with Gasteiger partial charge in [-0.15, -0.1) is 21.5 Å². The molecule has 0 radical (unpaired) electrons. The minimum absolute atomic E-state index is 0.160. The van der Waals surface area contributed by atoms with E-state index in [2.05, 4.69) is 20.5 Å². The van der Waals surface area contributed by atoms with Crippen molar-refractivity contribution in [3.8, 4) is 11.4 Å². The first-order valence-corrected chi connectivity index (χ1v) is 10.2. The van der Waals surface area contributed by atoms with Crippen molar-refractivity contribution < 1.29 is 9.18 Å². The van der Waals surface area contributed by atoms with E-state index in [0.29, 0.717) is 28.2 Å². The molecule has 3 rings (SSSR count). The molecule has 3 aromatic rings. The lowest BCUT2D eigenvalue weighted by Gasteiger charge is -2.12. The first kappa shape index (κ1) is 19.5. The molecule has 9 heteroatoms. The summed E-state index contributed by atoms with van der Waals surface area (Å²) in [6.07, 6.45) is 0. The number of rotatable bonds is 6. The highest BCUT2D eigenvalue weighted by Gasteiger charge is 2.22. The van der Waals surface area contributed by atoms with Gasteiger partial charge in [0.05, 0.1) is 16.5 Å². The van der Waals surface area contributed by atoms with Crippen LogP contribution in [-0.4, -0.2) is 30.9 Å². The molecule has 0 spiro atoms. The number of thioether (sulfide) groups is 1. The van der Waals surface area contributed by atoms with Crippen LogP contribution in [-0.2, 0) is 11.3 Å². The summed E-state index contributed by atoms with van der Waals surface area (Å²) >= 11 is 2.74. The number of amides is 1. The molecule has 0 saturated carbocycles. The zero-order chi connectivity index (χ0) is 19.6. The molecule has 0 saturated heterocycles. The van der Waals surface area contributed by atoms with Crippen LogP contribution in [0.1, 0.15) is 24.4 Å². The van der Waals surface area contributed by atoms with E-state index in [9.17, 15) is 9.18 Å². The smallest absolute Gasteiger partial charge is 0.239 e. The van der Waals surface area contributed by atoms with Gasteiger partial charge >= 0.3 is 0 Å². The molecular weight excluding hydrogens is 385 g/mol. The number of halogens is 1. The Hall–Kier alpha value is -2.26. The molecule has 1 amide bonds. The zero-order valence-corrected chi connectivity index (χ0v) is 17.1. The fourth-order valence-electron chi connectivity index (χ4n) is 2.45. The van der Waals surface area contributed by atoms with Gasteiger partial charge in [0.15, 0.2) is 16.1 Å². The lowest BCUT2D eigenvalue weighted by atomic mass is 10.2. The van der Waals surface area contributed by atoms with Gasteiger partial charge in [0, 0.05) is 11.4 Å². The van der Waals surface area contributed by atoms with E-state index in [0.717, 1.165) is 10.6 Å². The lowest BCUT2D eigenvalue weighted by molar-refractivity contribution is -0.115. The Labute approximate surface area is 165 Å². The van der Waals surface area contributed by atoms with Crippen LogP contribution in [0.4, 0.5) is 9.52 Å². The molecule has 1 atom stereocenters. The summed E-state index contributed by atoms with van der Waals surface area (Å²) in [5.74, 6) is -0.0554. The van der Waals surface area contributed by atoms with Crippen LogP contribution in [0.5, 0.6) is 0 Å². The first-order valence-electron chi connectivity index (χ1n) is 8.50. The maximum atomic E-state index is 14.1.